The van der Waals surface area contributed by atoms with Gasteiger partial charge in [0.2, 0.25) is 5.78 Å². The maximum atomic E-state index is 14.0. The van der Waals surface area contributed by atoms with E-state index in [0.29, 0.717) is 0 Å². The number of rotatable bonds is 7. The average Bonchev–Trinajstić information content (AvgIpc) is 3.05. The van der Waals surface area contributed by atoms with Crippen molar-refractivity contribution in [1.29, 1.82) is 0 Å². The molecule has 0 saturated carbocycles. The van der Waals surface area contributed by atoms with E-state index in [0.717, 1.165) is 0 Å². The molecule has 0 bridgehead atoms. The molecule has 2 aromatic carbocycles. The lowest BCUT2D eigenvalue weighted by Gasteiger charge is -2.48. The number of nitrogens with zero attached hydrogens (tertiary/aromatic N) is 2. The molecule has 2 fully saturated rings. The number of fused-ring (bicyclic) bond motifs is 3. The van der Waals surface area contributed by atoms with Crippen LogP contribution >= 0.6 is 0 Å². The van der Waals surface area contributed by atoms with Crippen molar-refractivity contribution in [2.24, 2.45) is 0 Å². The first kappa shape index (κ1) is 36.6. The summed E-state index contributed by atoms with van der Waals surface area (Å²) in [5, 5.41) is 68.8. The van der Waals surface area contributed by atoms with Gasteiger partial charge in [-0.25, -0.2) is 0 Å². The van der Waals surface area contributed by atoms with E-state index in [9.17, 15) is 40.2 Å². The predicted molar refractivity (Wildman–Crippen MR) is 177 cm³/mol. The van der Waals surface area contributed by atoms with Gasteiger partial charge in [0.15, 0.2) is 18.4 Å². The molecular formula is C36H48N2O12. The summed E-state index contributed by atoms with van der Waals surface area (Å²) in [6, 6.07) is 3.25. The van der Waals surface area contributed by atoms with Crippen LogP contribution in [-0.4, -0.2) is 135 Å². The number of aliphatic hydroxyl groups excluding tert-OH is 2. The second-order valence-corrected chi connectivity index (χ2v) is 14.5. The van der Waals surface area contributed by atoms with Crippen molar-refractivity contribution in [3.63, 3.8) is 0 Å². The number of benzene rings is 2. The fraction of sp³-hybridized carbons (Fsp3) is 0.611. The summed E-state index contributed by atoms with van der Waals surface area (Å²) in [5.74, 6) is -3.49. The molecule has 2 aliphatic carbocycles. The zero-order valence-corrected chi connectivity index (χ0v) is 29.4. The van der Waals surface area contributed by atoms with Crippen LogP contribution in [0.25, 0.3) is 0 Å². The van der Waals surface area contributed by atoms with Crippen LogP contribution in [0.5, 0.6) is 17.2 Å². The van der Waals surface area contributed by atoms with E-state index in [1.165, 1.54) is 18.2 Å². The third-order valence-electron chi connectivity index (χ3n) is 11.0. The molecule has 0 aromatic heterocycles. The number of carbonyl (C=O) groups excluding carboxylic acids is 2. The fourth-order valence-corrected chi connectivity index (χ4v) is 8.05. The van der Waals surface area contributed by atoms with Crippen molar-refractivity contribution in [3.8, 4) is 17.2 Å². The van der Waals surface area contributed by atoms with Crippen LogP contribution in [0, 0.1) is 0 Å². The van der Waals surface area contributed by atoms with E-state index in [1.54, 1.807) is 20.8 Å². The summed E-state index contributed by atoms with van der Waals surface area (Å²) < 4.78 is 25.1. The van der Waals surface area contributed by atoms with E-state index in [4.69, 9.17) is 18.9 Å². The van der Waals surface area contributed by atoms with Crippen molar-refractivity contribution in [2.75, 3.05) is 28.2 Å². The molecule has 2 aromatic rings. The van der Waals surface area contributed by atoms with Gasteiger partial charge in [-0.15, -0.1) is 0 Å². The lowest BCUT2D eigenvalue weighted by molar-refractivity contribution is -0.289. The van der Waals surface area contributed by atoms with Gasteiger partial charge in [-0.1, -0.05) is 19.1 Å². The average molecular weight is 701 g/mol. The van der Waals surface area contributed by atoms with Crippen molar-refractivity contribution < 1.29 is 59.2 Å². The maximum Gasteiger partial charge on any atom is 0.202 e. The molecule has 0 radical (unpaired) electrons. The number of aromatic hydroxyl groups is 3. The topological polar surface area (TPSA) is 199 Å². The minimum Gasteiger partial charge on any atom is -0.507 e. The van der Waals surface area contributed by atoms with Gasteiger partial charge < -0.3 is 59.4 Å². The molecule has 11 atom stereocenters. The molecule has 0 amide bonds. The zero-order chi connectivity index (χ0) is 36.6. The Balaban J connectivity index is 1.52. The molecule has 6 N–H and O–H groups in total. The lowest BCUT2D eigenvalue weighted by atomic mass is 9.70. The third kappa shape index (κ3) is 5.90. The van der Waals surface area contributed by atoms with Crippen LogP contribution in [-0.2, 0) is 18.9 Å². The number of hydrogen-bond acceptors (Lipinski definition) is 14. The van der Waals surface area contributed by atoms with Crippen molar-refractivity contribution in [1.82, 2.24) is 9.80 Å². The summed E-state index contributed by atoms with van der Waals surface area (Å²) >= 11 is 0. The highest BCUT2D eigenvalue weighted by molar-refractivity contribution is 6.31. The standard InChI is InChI=1S/C36H48N2O12/c1-8-36(46)14-21(49-22-12-18(37(4)5)29(40)15(2)47-22)25-28(35(36)50-23-13-19(38(6)7)30(41)16(3)48-23)34(45)26-27(33(25)44)32(43)24-17(31(26)42)10-9-11-20(24)39/h9-11,15-16,18-19,21-23,29-30,35,39-41,44-46H,8,12-14H2,1-7H3/t15-,16+,18?,19-,21-,22+,23+,29-,30-,35+,36+/m1/s1. The normalized spacial score (nSPS) is 35.6. The van der Waals surface area contributed by atoms with E-state index >= 15 is 0 Å². The largest absolute Gasteiger partial charge is 0.507 e. The second kappa shape index (κ2) is 13.4. The molecular weight excluding hydrogens is 652 g/mol. The highest BCUT2D eigenvalue weighted by Gasteiger charge is 2.54. The van der Waals surface area contributed by atoms with Crippen LogP contribution in [0.3, 0.4) is 0 Å². The number of phenols is 3. The van der Waals surface area contributed by atoms with Gasteiger partial charge in [-0.05, 0) is 54.5 Å². The summed E-state index contributed by atoms with van der Waals surface area (Å²) in [7, 11) is 7.25. The zero-order valence-electron chi connectivity index (χ0n) is 29.4. The van der Waals surface area contributed by atoms with Crippen molar-refractivity contribution >= 4 is 11.6 Å². The number of carbonyl (C=O) groups is 2. The number of ether oxygens (including phenoxy) is 4. The lowest BCUT2D eigenvalue weighted by Crippen LogP contribution is -2.55. The number of hydrogen-bond donors (Lipinski definition) is 6. The first-order chi connectivity index (χ1) is 23.5. The molecule has 4 aliphatic rings. The molecule has 1 unspecified atom stereocenters. The third-order valence-corrected chi connectivity index (χ3v) is 11.0. The monoisotopic (exact) mass is 700 g/mol. The summed E-state index contributed by atoms with van der Waals surface area (Å²) in [4.78, 5) is 31.6. The first-order valence-corrected chi connectivity index (χ1v) is 17.1. The van der Waals surface area contributed by atoms with Gasteiger partial charge in [-0.3, -0.25) is 9.59 Å². The minimum absolute atomic E-state index is 0.0702. The predicted octanol–water partition coefficient (Wildman–Crippen LogP) is 2.09. The number of likely N-dealkylation sites (N-methyl/N-ethyl adjacent to an activating group) is 2. The molecule has 50 heavy (non-hydrogen) atoms. The van der Waals surface area contributed by atoms with Crippen LogP contribution < -0.4 is 0 Å². The highest BCUT2D eigenvalue weighted by Crippen LogP contribution is 2.58. The molecule has 6 rings (SSSR count). The Labute approximate surface area is 290 Å². The molecule has 2 aliphatic heterocycles. The molecule has 2 heterocycles. The van der Waals surface area contributed by atoms with Gasteiger partial charge in [0.05, 0.1) is 52.8 Å². The second-order valence-electron chi connectivity index (χ2n) is 14.5. The van der Waals surface area contributed by atoms with Crippen molar-refractivity contribution in [2.45, 2.75) is 113 Å². The van der Waals surface area contributed by atoms with Gasteiger partial charge in [-0.2, -0.15) is 0 Å². The van der Waals surface area contributed by atoms with Gasteiger partial charge >= 0.3 is 0 Å². The van der Waals surface area contributed by atoms with Gasteiger partial charge in [0, 0.05) is 48.0 Å². The Bertz CT molecular complexity index is 1660. The summed E-state index contributed by atoms with van der Waals surface area (Å²) in [6.45, 7) is 5.12. The van der Waals surface area contributed by atoms with Crippen LogP contribution in [0.15, 0.2) is 18.2 Å². The van der Waals surface area contributed by atoms with Gasteiger partial charge in [0.25, 0.3) is 0 Å². The van der Waals surface area contributed by atoms with Crippen LogP contribution in [0.2, 0.25) is 0 Å². The van der Waals surface area contributed by atoms with E-state index in [2.05, 4.69) is 0 Å². The smallest absolute Gasteiger partial charge is 0.202 e. The number of aliphatic hydroxyl groups is 3. The molecule has 0 spiro atoms. The SMILES string of the molecule is CC[C@]1(O)C[C@@H](O[C@H]2CC(N(C)C)[C@H](O)[C@@H](C)O2)c2c(O)c3c(c(O)c2[C@@H]1O[C@H]1C[C@@H](N(C)C)[C@H](O)[C@H](C)O1)C(=O)c1cccc(O)c1C3=O. The Hall–Kier alpha value is -3.18. The van der Waals surface area contributed by atoms with Crippen molar-refractivity contribution in [3.05, 3.63) is 51.6 Å². The highest BCUT2D eigenvalue weighted by atomic mass is 16.7. The number of phenolic OH excluding ortho intramolecular Hbond substituents is 3. The first-order valence-electron chi connectivity index (χ1n) is 17.1. The fourth-order valence-electron chi connectivity index (χ4n) is 8.05. The molecule has 2 saturated heterocycles. The maximum absolute atomic E-state index is 14.0. The van der Waals surface area contributed by atoms with Crippen LogP contribution in [0.4, 0.5) is 0 Å². The molecule has 274 valence electrons. The Morgan fingerprint density at radius 3 is 1.86 bits per heavy atom. The van der Waals surface area contributed by atoms with Crippen LogP contribution in [0.1, 0.15) is 102 Å². The Morgan fingerprint density at radius 1 is 0.800 bits per heavy atom. The van der Waals surface area contributed by atoms with E-state index < -0.39 is 94.7 Å². The van der Waals surface area contributed by atoms with E-state index in [-0.39, 0.29) is 60.0 Å². The summed E-state index contributed by atoms with van der Waals surface area (Å²) in [5.41, 5.74) is -3.47. The molecule has 14 nitrogen and oxygen atoms in total. The van der Waals surface area contributed by atoms with E-state index in [1.807, 2.05) is 38.0 Å². The quantitative estimate of drug-likeness (QED) is 0.196. The number of ketones is 2. The minimum atomic E-state index is -1.77. The Morgan fingerprint density at radius 2 is 1.32 bits per heavy atom. The molecule has 14 heteroatoms. The summed E-state index contributed by atoms with van der Waals surface area (Å²) in [6.07, 6.45) is -7.20. The Kier molecular flexibility index (Phi) is 9.82. The van der Waals surface area contributed by atoms with Gasteiger partial charge in [0.1, 0.15) is 23.4 Å².